The van der Waals surface area contributed by atoms with E-state index in [0.29, 0.717) is 4.91 Å². The highest BCUT2D eigenvalue weighted by Crippen LogP contribution is 2.25. The summed E-state index contributed by atoms with van der Waals surface area (Å²) >= 11 is 0.911. The van der Waals surface area contributed by atoms with Gasteiger partial charge in [0.15, 0.2) is 0 Å². The van der Waals surface area contributed by atoms with E-state index in [4.69, 9.17) is 0 Å². The Morgan fingerprint density at radius 1 is 1.47 bits per heavy atom. The molecule has 1 fully saturated rings. The maximum atomic E-state index is 11.3. The second-order valence-electron chi connectivity index (χ2n) is 3.03. The minimum atomic E-state index is -0.340. The number of nitrogens with one attached hydrogen (secondary N) is 1. The summed E-state index contributed by atoms with van der Waals surface area (Å²) in [6, 6.07) is 3.64. The van der Waals surface area contributed by atoms with Crippen molar-refractivity contribution in [2.45, 2.75) is 6.92 Å². The van der Waals surface area contributed by atoms with Crippen LogP contribution in [0.25, 0.3) is 6.08 Å². The maximum Gasteiger partial charge on any atom is 0.290 e. The Kier molecular flexibility index (Phi) is 2.55. The van der Waals surface area contributed by atoms with Gasteiger partial charge in [0, 0.05) is 11.9 Å². The minimum absolute atomic E-state index is 0.326. The molecule has 15 heavy (non-hydrogen) atoms. The van der Waals surface area contributed by atoms with Crippen LogP contribution < -0.4 is 5.32 Å². The first-order valence-electron chi connectivity index (χ1n) is 4.33. The molecule has 0 spiro atoms. The number of thioether (sulfide) groups is 1. The van der Waals surface area contributed by atoms with Gasteiger partial charge >= 0.3 is 0 Å². The molecule has 1 aliphatic heterocycles. The van der Waals surface area contributed by atoms with Crippen molar-refractivity contribution in [2.24, 2.45) is 0 Å². The van der Waals surface area contributed by atoms with Crippen molar-refractivity contribution < 1.29 is 9.59 Å². The first-order valence-corrected chi connectivity index (χ1v) is 5.15. The van der Waals surface area contributed by atoms with E-state index in [9.17, 15) is 9.59 Å². The number of pyridine rings is 1. The molecular formula is C10H8N2O2S. The average Bonchev–Trinajstić information content (AvgIpc) is 2.49. The van der Waals surface area contributed by atoms with Gasteiger partial charge in [-0.2, -0.15) is 0 Å². The number of rotatable bonds is 1. The molecule has 1 aromatic heterocycles. The Balaban J connectivity index is 2.35. The fourth-order valence-electron chi connectivity index (χ4n) is 1.21. The van der Waals surface area contributed by atoms with Crippen LogP contribution in [0.5, 0.6) is 0 Å². The van der Waals surface area contributed by atoms with E-state index in [-0.39, 0.29) is 11.1 Å². The predicted octanol–water partition coefficient (Wildman–Crippen LogP) is 1.71. The summed E-state index contributed by atoms with van der Waals surface area (Å²) < 4.78 is 0. The van der Waals surface area contributed by atoms with E-state index < -0.39 is 0 Å². The van der Waals surface area contributed by atoms with Crippen molar-refractivity contribution in [1.29, 1.82) is 0 Å². The van der Waals surface area contributed by atoms with Crippen LogP contribution in [0.3, 0.4) is 0 Å². The molecule has 0 aliphatic carbocycles. The van der Waals surface area contributed by atoms with E-state index in [1.54, 1.807) is 18.3 Å². The number of amides is 2. The van der Waals surface area contributed by atoms with Crippen molar-refractivity contribution in [3.63, 3.8) is 0 Å². The summed E-state index contributed by atoms with van der Waals surface area (Å²) in [4.78, 5) is 26.7. The Morgan fingerprint density at radius 3 is 2.87 bits per heavy atom. The fraction of sp³-hybridized carbons (Fsp3) is 0.100. The molecule has 2 heterocycles. The standard InChI is InChI=1S/C10H8N2O2S/c1-6-7(3-2-4-11-6)5-8-9(13)12-10(14)15-8/h2-5H,1H3,(H,12,13,14)/b8-5-. The van der Waals surface area contributed by atoms with Crippen LogP contribution in [-0.2, 0) is 4.79 Å². The van der Waals surface area contributed by atoms with Crippen molar-refractivity contribution in [3.8, 4) is 0 Å². The van der Waals surface area contributed by atoms with Crippen LogP contribution in [-0.4, -0.2) is 16.1 Å². The summed E-state index contributed by atoms with van der Waals surface area (Å²) in [7, 11) is 0. The molecule has 0 radical (unpaired) electrons. The van der Waals surface area contributed by atoms with Gasteiger partial charge in [-0.1, -0.05) is 6.07 Å². The Hall–Kier alpha value is -1.62. The van der Waals surface area contributed by atoms with Crippen LogP contribution in [0, 0.1) is 6.92 Å². The number of carbonyl (C=O) groups excluding carboxylic acids is 2. The van der Waals surface area contributed by atoms with Gasteiger partial charge < -0.3 is 0 Å². The van der Waals surface area contributed by atoms with Gasteiger partial charge in [0.05, 0.1) is 4.91 Å². The normalized spacial score (nSPS) is 18.3. The zero-order chi connectivity index (χ0) is 10.8. The molecule has 0 atom stereocenters. The van der Waals surface area contributed by atoms with E-state index in [0.717, 1.165) is 23.0 Å². The van der Waals surface area contributed by atoms with E-state index in [2.05, 4.69) is 10.3 Å². The van der Waals surface area contributed by atoms with Crippen molar-refractivity contribution in [2.75, 3.05) is 0 Å². The van der Waals surface area contributed by atoms with Gasteiger partial charge in [0.25, 0.3) is 11.1 Å². The second-order valence-corrected chi connectivity index (χ2v) is 4.05. The maximum absolute atomic E-state index is 11.3. The zero-order valence-corrected chi connectivity index (χ0v) is 8.80. The van der Waals surface area contributed by atoms with Gasteiger partial charge in [-0.05, 0) is 36.4 Å². The van der Waals surface area contributed by atoms with Gasteiger partial charge in [-0.25, -0.2) is 0 Å². The lowest BCUT2D eigenvalue weighted by molar-refractivity contribution is -0.115. The molecule has 0 bridgehead atoms. The van der Waals surface area contributed by atoms with E-state index >= 15 is 0 Å². The minimum Gasteiger partial charge on any atom is -0.282 e. The summed E-state index contributed by atoms with van der Waals surface area (Å²) in [5.74, 6) is -0.340. The zero-order valence-electron chi connectivity index (χ0n) is 7.98. The monoisotopic (exact) mass is 220 g/mol. The highest BCUT2D eigenvalue weighted by molar-refractivity contribution is 8.18. The molecule has 1 N–H and O–H groups in total. The van der Waals surface area contributed by atoms with E-state index in [1.165, 1.54) is 0 Å². The molecule has 76 valence electrons. The first-order chi connectivity index (χ1) is 7.16. The number of aryl methyl sites for hydroxylation is 1. The largest absolute Gasteiger partial charge is 0.290 e. The smallest absolute Gasteiger partial charge is 0.282 e. The molecule has 0 aromatic carbocycles. The van der Waals surface area contributed by atoms with Crippen LogP contribution in [0.15, 0.2) is 23.2 Å². The number of hydrogen-bond donors (Lipinski definition) is 1. The number of carbonyl (C=O) groups is 2. The quantitative estimate of drug-likeness (QED) is 0.732. The van der Waals surface area contributed by atoms with Gasteiger partial charge in [-0.15, -0.1) is 0 Å². The van der Waals surface area contributed by atoms with Crippen molar-refractivity contribution in [3.05, 3.63) is 34.5 Å². The summed E-state index contributed by atoms with van der Waals surface area (Å²) in [6.45, 7) is 1.85. The number of imide groups is 1. The van der Waals surface area contributed by atoms with Gasteiger partial charge in [-0.3, -0.25) is 19.9 Å². The summed E-state index contributed by atoms with van der Waals surface area (Å²) in [5, 5.41) is 1.88. The van der Waals surface area contributed by atoms with Crippen LogP contribution >= 0.6 is 11.8 Å². The Labute approximate surface area is 90.8 Å². The summed E-state index contributed by atoms with van der Waals surface area (Å²) in [5.41, 5.74) is 1.68. The van der Waals surface area contributed by atoms with Crippen molar-refractivity contribution >= 4 is 29.0 Å². The Morgan fingerprint density at radius 2 is 2.27 bits per heavy atom. The molecule has 1 saturated heterocycles. The lowest BCUT2D eigenvalue weighted by Crippen LogP contribution is -2.17. The third-order valence-corrected chi connectivity index (χ3v) is 2.79. The molecular weight excluding hydrogens is 212 g/mol. The SMILES string of the molecule is Cc1ncccc1/C=C1\SC(=O)NC1=O. The molecule has 2 rings (SSSR count). The molecule has 4 nitrogen and oxygen atoms in total. The average molecular weight is 220 g/mol. The second kappa shape index (κ2) is 3.86. The molecule has 0 saturated carbocycles. The van der Waals surface area contributed by atoms with E-state index in [1.807, 2.05) is 13.0 Å². The van der Waals surface area contributed by atoms with Crippen molar-refractivity contribution in [1.82, 2.24) is 10.3 Å². The lowest BCUT2D eigenvalue weighted by Gasteiger charge is -1.98. The third kappa shape index (κ3) is 2.07. The molecule has 1 aromatic rings. The molecule has 1 aliphatic rings. The third-order valence-electron chi connectivity index (χ3n) is 1.98. The molecule has 5 heteroatoms. The number of nitrogens with zero attached hydrogens (tertiary/aromatic N) is 1. The first kappa shape index (κ1) is 9.92. The number of aromatic nitrogens is 1. The highest BCUT2D eigenvalue weighted by Gasteiger charge is 2.24. The van der Waals surface area contributed by atoms with Gasteiger partial charge in [0.2, 0.25) is 0 Å². The fourth-order valence-corrected chi connectivity index (χ4v) is 1.88. The summed E-state index contributed by atoms with van der Waals surface area (Å²) in [6.07, 6.45) is 3.36. The van der Waals surface area contributed by atoms with Gasteiger partial charge in [0.1, 0.15) is 0 Å². The number of hydrogen-bond acceptors (Lipinski definition) is 4. The topological polar surface area (TPSA) is 59.1 Å². The van der Waals surface area contributed by atoms with Crippen LogP contribution in [0.4, 0.5) is 4.79 Å². The predicted molar refractivity (Wildman–Crippen MR) is 58.1 cm³/mol. The van der Waals surface area contributed by atoms with Crippen LogP contribution in [0.1, 0.15) is 11.3 Å². The van der Waals surface area contributed by atoms with Crippen LogP contribution in [0.2, 0.25) is 0 Å². The molecule has 2 amide bonds. The molecule has 0 unspecified atom stereocenters. The lowest BCUT2D eigenvalue weighted by atomic mass is 10.2. The Bertz CT molecular complexity index is 468. The highest BCUT2D eigenvalue weighted by atomic mass is 32.2.